The van der Waals surface area contributed by atoms with Crippen LogP contribution in [0.25, 0.3) is 0 Å². The smallest absolute Gasteiger partial charge is 0.243 e. The van der Waals surface area contributed by atoms with Crippen molar-refractivity contribution in [1.29, 1.82) is 0 Å². The summed E-state index contributed by atoms with van der Waals surface area (Å²) < 4.78 is 26.8. The number of carbonyl (C=O) groups excluding carboxylic acids is 3. The van der Waals surface area contributed by atoms with Crippen LogP contribution in [0, 0.1) is 11.8 Å². The van der Waals surface area contributed by atoms with Gasteiger partial charge in [-0.15, -0.1) is 0 Å². The van der Waals surface area contributed by atoms with Crippen LogP contribution in [0.15, 0.2) is 35.2 Å². The molecule has 1 aliphatic carbocycles. The Kier molecular flexibility index (Phi) is 7.18. The molecule has 0 bridgehead atoms. The second kappa shape index (κ2) is 9.50. The number of fused-ring (bicyclic) bond motifs is 1. The van der Waals surface area contributed by atoms with Crippen LogP contribution < -0.4 is 5.32 Å². The first-order valence-corrected chi connectivity index (χ1v) is 12.1. The molecule has 3 rings (SSSR count). The molecular weight excluding hydrogens is 442 g/mol. The summed E-state index contributed by atoms with van der Waals surface area (Å²) in [7, 11) is -3.71. The van der Waals surface area contributed by atoms with Crippen LogP contribution in [-0.2, 0) is 24.4 Å². The molecule has 2 atom stereocenters. The normalized spacial score (nSPS) is 21.0. The summed E-state index contributed by atoms with van der Waals surface area (Å²) in [4.78, 5) is 38.6. The van der Waals surface area contributed by atoms with Gasteiger partial charge in [-0.25, -0.2) is 8.42 Å². The van der Waals surface area contributed by atoms with Gasteiger partial charge >= 0.3 is 0 Å². The van der Waals surface area contributed by atoms with Gasteiger partial charge in [-0.3, -0.25) is 19.3 Å². The predicted molar refractivity (Wildman–Crippen MR) is 117 cm³/mol. The molecule has 1 fully saturated rings. The lowest BCUT2D eigenvalue weighted by molar-refractivity contribution is -0.140. The zero-order valence-corrected chi connectivity index (χ0v) is 19.1. The Balaban J connectivity index is 1.67. The van der Waals surface area contributed by atoms with Crippen LogP contribution in [0.3, 0.4) is 0 Å². The maximum absolute atomic E-state index is 12.7. The van der Waals surface area contributed by atoms with Gasteiger partial charge in [-0.2, -0.15) is 4.31 Å². The van der Waals surface area contributed by atoms with Crippen molar-refractivity contribution < 1.29 is 22.8 Å². The highest BCUT2D eigenvalue weighted by Gasteiger charge is 2.46. The van der Waals surface area contributed by atoms with E-state index in [0.29, 0.717) is 25.9 Å². The van der Waals surface area contributed by atoms with E-state index in [2.05, 4.69) is 5.32 Å². The third-order valence-electron chi connectivity index (χ3n) is 5.72. The highest BCUT2D eigenvalue weighted by molar-refractivity contribution is 7.89. The number of benzene rings is 1. The summed E-state index contributed by atoms with van der Waals surface area (Å²) in [6.45, 7) is 4.10. The molecule has 10 heteroatoms. The van der Waals surface area contributed by atoms with E-state index in [1.165, 1.54) is 22.5 Å². The second-order valence-corrected chi connectivity index (χ2v) is 9.86. The molecule has 1 aromatic rings. The molecule has 2 aliphatic rings. The van der Waals surface area contributed by atoms with Crippen LogP contribution in [0.2, 0.25) is 5.02 Å². The number of nitrogens with zero attached hydrogens (tertiary/aromatic N) is 2. The number of sulfonamides is 1. The predicted octanol–water partition coefficient (Wildman–Crippen LogP) is 2.65. The number of anilines is 1. The Morgan fingerprint density at radius 2 is 1.71 bits per heavy atom. The number of imide groups is 1. The van der Waals surface area contributed by atoms with Crippen molar-refractivity contribution in [3.05, 3.63) is 35.4 Å². The molecule has 1 aromatic carbocycles. The molecule has 0 aromatic heterocycles. The molecule has 31 heavy (non-hydrogen) atoms. The van der Waals surface area contributed by atoms with Crippen molar-refractivity contribution in [2.75, 3.05) is 25.0 Å². The van der Waals surface area contributed by atoms with E-state index in [1.54, 1.807) is 13.8 Å². The number of nitrogens with one attached hydrogen (secondary N) is 1. The molecule has 0 saturated carbocycles. The fourth-order valence-corrected chi connectivity index (χ4v) is 5.64. The first-order valence-electron chi connectivity index (χ1n) is 10.3. The van der Waals surface area contributed by atoms with Gasteiger partial charge in [0.15, 0.2) is 0 Å². The fourth-order valence-electron chi connectivity index (χ4n) is 3.99. The topological polar surface area (TPSA) is 104 Å². The van der Waals surface area contributed by atoms with Gasteiger partial charge in [-0.1, -0.05) is 37.6 Å². The lowest BCUT2D eigenvalue weighted by atomic mass is 9.85. The Morgan fingerprint density at radius 1 is 1.13 bits per heavy atom. The number of carbonyl (C=O) groups is 3. The summed E-state index contributed by atoms with van der Waals surface area (Å²) in [6.07, 6.45) is 4.80. The van der Waals surface area contributed by atoms with Crippen molar-refractivity contribution in [1.82, 2.24) is 9.21 Å². The molecule has 1 saturated heterocycles. The van der Waals surface area contributed by atoms with E-state index < -0.39 is 15.9 Å². The number of likely N-dealkylation sites (tertiary alicyclic amines) is 1. The largest absolute Gasteiger partial charge is 0.325 e. The Labute approximate surface area is 187 Å². The monoisotopic (exact) mass is 467 g/mol. The number of hydrogen-bond donors (Lipinski definition) is 1. The Morgan fingerprint density at radius 3 is 2.26 bits per heavy atom. The van der Waals surface area contributed by atoms with E-state index in [-0.39, 0.29) is 52.2 Å². The van der Waals surface area contributed by atoms with Gasteiger partial charge < -0.3 is 5.32 Å². The van der Waals surface area contributed by atoms with E-state index in [0.717, 1.165) is 4.90 Å². The fraction of sp³-hybridized carbons (Fsp3) is 0.476. The van der Waals surface area contributed by atoms with Crippen molar-refractivity contribution in [2.24, 2.45) is 11.8 Å². The number of halogens is 1. The molecule has 0 spiro atoms. The van der Waals surface area contributed by atoms with Crippen molar-refractivity contribution in [2.45, 2.75) is 38.0 Å². The first kappa shape index (κ1) is 23.4. The molecule has 1 N–H and O–H groups in total. The minimum absolute atomic E-state index is 0.0223. The van der Waals surface area contributed by atoms with Gasteiger partial charge in [0, 0.05) is 26.1 Å². The SMILES string of the molecule is CCN(CC)S(=O)(=O)c1ccc(Cl)c(NC(=O)CCN2C(=O)[C@H]3CC=CC[C@H]3C2=O)c1. The quantitative estimate of drug-likeness (QED) is 0.467. The second-order valence-electron chi connectivity index (χ2n) is 7.51. The molecule has 168 valence electrons. The summed E-state index contributed by atoms with van der Waals surface area (Å²) in [5.41, 5.74) is 0.164. The molecule has 0 radical (unpaired) electrons. The lowest BCUT2D eigenvalue weighted by Gasteiger charge is -2.19. The summed E-state index contributed by atoms with van der Waals surface area (Å²) in [5.74, 6) is -1.61. The lowest BCUT2D eigenvalue weighted by Crippen LogP contribution is -2.34. The van der Waals surface area contributed by atoms with Gasteiger partial charge in [0.05, 0.1) is 27.4 Å². The third-order valence-corrected chi connectivity index (χ3v) is 8.09. The summed E-state index contributed by atoms with van der Waals surface area (Å²) in [5, 5.41) is 2.79. The number of allylic oxidation sites excluding steroid dienone is 2. The number of hydrogen-bond acceptors (Lipinski definition) is 5. The molecule has 8 nitrogen and oxygen atoms in total. The third kappa shape index (κ3) is 4.68. The summed E-state index contributed by atoms with van der Waals surface area (Å²) >= 11 is 6.15. The van der Waals surface area contributed by atoms with E-state index in [4.69, 9.17) is 11.6 Å². The van der Waals surface area contributed by atoms with Crippen LogP contribution in [0.4, 0.5) is 5.69 Å². The van der Waals surface area contributed by atoms with Crippen LogP contribution in [0.1, 0.15) is 33.1 Å². The van der Waals surface area contributed by atoms with Crippen LogP contribution in [-0.4, -0.2) is 55.0 Å². The van der Waals surface area contributed by atoms with Crippen LogP contribution >= 0.6 is 11.6 Å². The molecule has 1 heterocycles. The maximum Gasteiger partial charge on any atom is 0.243 e. The van der Waals surface area contributed by atoms with Gasteiger partial charge in [0.25, 0.3) is 0 Å². The maximum atomic E-state index is 12.7. The standard InChI is InChI=1S/C21H26ClN3O5S/c1-3-24(4-2)31(29,30)14-9-10-17(22)18(13-14)23-19(26)11-12-25-20(27)15-7-5-6-8-16(15)21(25)28/h5-6,9-10,13,15-16H,3-4,7-8,11-12H2,1-2H3,(H,23,26)/t15-,16+. The minimum Gasteiger partial charge on any atom is -0.325 e. The molecular formula is C21H26ClN3O5S. The number of rotatable bonds is 8. The summed E-state index contributed by atoms with van der Waals surface area (Å²) in [6, 6.07) is 4.13. The van der Waals surface area contributed by atoms with Crippen LogP contribution in [0.5, 0.6) is 0 Å². The van der Waals surface area contributed by atoms with Gasteiger partial charge in [0.1, 0.15) is 0 Å². The van der Waals surface area contributed by atoms with E-state index in [9.17, 15) is 22.8 Å². The molecule has 3 amide bonds. The zero-order chi connectivity index (χ0) is 22.8. The molecule has 0 unspecified atom stereocenters. The Hall–Kier alpha value is -2.23. The highest BCUT2D eigenvalue weighted by Crippen LogP contribution is 2.35. The molecule has 1 aliphatic heterocycles. The first-order chi connectivity index (χ1) is 14.7. The van der Waals surface area contributed by atoms with E-state index in [1.807, 2.05) is 12.2 Å². The highest BCUT2D eigenvalue weighted by atomic mass is 35.5. The van der Waals surface area contributed by atoms with Crippen molar-refractivity contribution >= 4 is 45.0 Å². The van der Waals surface area contributed by atoms with E-state index >= 15 is 0 Å². The Bertz CT molecular complexity index is 994. The zero-order valence-electron chi connectivity index (χ0n) is 17.5. The van der Waals surface area contributed by atoms with Crippen molar-refractivity contribution in [3.8, 4) is 0 Å². The van der Waals surface area contributed by atoms with Gasteiger partial charge in [0.2, 0.25) is 27.7 Å². The minimum atomic E-state index is -3.71. The van der Waals surface area contributed by atoms with Crippen molar-refractivity contribution in [3.63, 3.8) is 0 Å². The van der Waals surface area contributed by atoms with Gasteiger partial charge in [-0.05, 0) is 31.0 Å². The average molecular weight is 468 g/mol. The average Bonchev–Trinajstić information content (AvgIpc) is 2.99. The number of amides is 3.